The van der Waals surface area contributed by atoms with Crippen molar-refractivity contribution < 1.29 is 35.1 Å². The Labute approximate surface area is 304 Å². The summed E-state index contributed by atoms with van der Waals surface area (Å²) in [6.07, 6.45) is 35.2. The first kappa shape index (κ1) is 52.2. The first-order valence-corrected chi connectivity index (χ1v) is 20.8. The fourth-order valence-electron chi connectivity index (χ4n) is 5.68. The minimum Gasteiger partial charge on any atom is -0.481 e. The zero-order valence-corrected chi connectivity index (χ0v) is 33.3. The van der Waals surface area contributed by atoms with Crippen molar-refractivity contribution in [2.75, 3.05) is 19.8 Å². The van der Waals surface area contributed by atoms with Crippen molar-refractivity contribution in [3.8, 4) is 0 Å². The Kier molecular flexibility index (Phi) is 43.9. The number of rotatable bonds is 34. The number of carboxylic acids is 2. The quantitative estimate of drug-likeness (QED) is 0.0421. The summed E-state index contributed by atoms with van der Waals surface area (Å²) in [5.41, 5.74) is -0.667. The maximum Gasteiger partial charge on any atom is 0.303 e. The molecule has 296 valence electrons. The van der Waals surface area contributed by atoms with Crippen molar-refractivity contribution in [3.63, 3.8) is 0 Å². The monoisotopic (exact) mass is 703 g/mol. The van der Waals surface area contributed by atoms with Gasteiger partial charge in [-0.25, -0.2) is 0 Å². The van der Waals surface area contributed by atoms with Gasteiger partial charge in [-0.1, -0.05) is 189 Å². The van der Waals surface area contributed by atoms with Crippen molar-refractivity contribution >= 4 is 11.9 Å². The van der Waals surface area contributed by atoms with Crippen LogP contribution in [0.25, 0.3) is 0 Å². The van der Waals surface area contributed by atoms with Crippen LogP contribution in [0.3, 0.4) is 0 Å². The van der Waals surface area contributed by atoms with E-state index < -0.39 is 17.4 Å². The second-order valence-corrected chi connectivity index (χ2v) is 15.5. The van der Waals surface area contributed by atoms with E-state index in [2.05, 4.69) is 27.7 Å². The van der Waals surface area contributed by atoms with Crippen LogP contribution in [0.1, 0.15) is 221 Å². The van der Waals surface area contributed by atoms with E-state index >= 15 is 0 Å². The molecule has 0 aliphatic heterocycles. The fourth-order valence-corrected chi connectivity index (χ4v) is 5.68. The van der Waals surface area contributed by atoms with Gasteiger partial charge in [0.2, 0.25) is 0 Å². The van der Waals surface area contributed by atoms with Crippen molar-refractivity contribution in [1.82, 2.24) is 0 Å². The highest BCUT2D eigenvalue weighted by atomic mass is 16.4. The smallest absolute Gasteiger partial charge is 0.303 e. The number of carboxylic acid groups (broad SMARTS) is 2. The molecule has 0 unspecified atom stereocenters. The Bertz CT molecular complexity index is 598. The standard InChI is InChI=1S/2C18H36O2.C6H14O3/c2*1-17(2)15-13-11-9-7-5-3-4-6-8-10-12-14-16-18(19)20;1-2-6(3-7,4-8)5-9/h2*17H,3-16H2,1-2H3,(H,19,20);7-9H,2-5H2,1H3. The van der Waals surface area contributed by atoms with Gasteiger partial charge in [-0.3, -0.25) is 9.59 Å². The molecule has 0 spiro atoms. The van der Waals surface area contributed by atoms with Crippen LogP contribution in [-0.2, 0) is 9.59 Å². The van der Waals surface area contributed by atoms with Gasteiger partial charge in [0.1, 0.15) is 0 Å². The Morgan fingerprint density at radius 1 is 0.408 bits per heavy atom. The van der Waals surface area contributed by atoms with Crippen LogP contribution in [0, 0.1) is 17.3 Å². The highest BCUT2D eigenvalue weighted by Gasteiger charge is 2.24. The van der Waals surface area contributed by atoms with Crippen LogP contribution in [-0.4, -0.2) is 57.3 Å². The molecule has 0 heterocycles. The number of aliphatic carboxylic acids is 2. The molecule has 0 bridgehead atoms. The zero-order chi connectivity index (χ0) is 37.4. The van der Waals surface area contributed by atoms with Gasteiger partial charge in [-0.15, -0.1) is 0 Å². The van der Waals surface area contributed by atoms with Gasteiger partial charge >= 0.3 is 11.9 Å². The van der Waals surface area contributed by atoms with E-state index in [1.807, 2.05) is 6.92 Å². The number of aliphatic hydroxyl groups is 3. The molecule has 0 aliphatic carbocycles. The highest BCUT2D eigenvalue weighted by molar-refractivity contribution is 5.66. The van der Waals surface area contributed by atoms with Crippen molar-refractivity contribution in [1.29, 1.82) is 0 Å². The molecule has 0 fully saturated rings. The topological polar surface area (TPSA) is 135 Å². The first-order chi connectivity index (χ1) is 23.5. The second kappa shape index (κ2) is 41.2. The summed E-state index contributed by atoms with van der Waals surface area (Å²) in [6, 6.07) is 0. The summed E-state index contributed by atoms with van der Waals surface area (Å²) in [5.74, 6) is 0.424. The molecule has 0 aromatic heterocycles. The minimum absolute atomic E-state index is 0.156. The Balaban J connectivity index is -0.000000695. The third-order valence-electron chi connectivity index (χ3n) is 9.60. The third kappa shape index (κ3) is 46.8. The highest BCUT2D eigenvalue weighted by Crippen LogP contribution is 2.18. The van der Waals surface area contributed by atoms with Gasteiger partial charge < -0.3 is 25.5 Å². The molecule has 0 aromatic carbocycles. The molecule has 5 N–H and O–H groups in total. The van der Waals surface area contributed by atoms with Crippen LogP contribution in [0.4, 0.5) is 0 Å². The molecule has 0 atom stereocenters. The van der Waals surface area contributed by atoms with Crippen LogP contribution >= 0.6 is 0 Å². The summed E-state index contributed by atoms with van der Waals surface area (Å²) in [5, 5.41) is 43.0. The van der Waals surface area contributed by atoms with Gasteiger partial charge in [-0.2, -0.15) is 0 Å². The molecular weight excluding hydrogens is 616 g/mol. The second-order valence-electron chi connectivity index (χ2n) is 15.5. The van der Waals surface area contributed by atoms with E-state index in [4.69, 9.17) is 25.5 Å². The first-order valence-electron chi connectivity index (χ1n) is 20.8. The van der Waals surface area contributed by atoms with Crippen LogP contribution < -0.4 is 0 Å². The average Bonchev–Trinajstić information content (AvgIpc) is 3.06. The SMILES string of the molecule is CC(C)CCCCCCCCCCCCCCC(=O)O.CC(C)CCCCCCCCCCCCCCC(=O)O.CCC(CO)(CO)CO. The predicted octanol–water partition coefficient (Wildman–Crippen LogP) is 11.7. The summed E-state index contributed by atoms with van der Waals surface area (Å²) >= 11 is 0. The largest absolute Gasteiger partial charge is 0.481 e. The minimum atomic E-state index is -0.667. The molecule has 7 heteroatoms. The zero-order valence-electron chi connectivity index (χ0n) is 33.3. The van der Waals surface area contributed by atoms with Gasteiger partial charge in [0.05, 0.1) is 19.8 Å². The lowest BCUT2D eigenvalue weighted by molar-refractivity contribution is -0.138. The molecule has 0 aromatic rings. The predicted molar refractivity (Wildman–Crippen MR) is 208 cm³/mol. The van der Waals surface area contributed by atoms with E-state index in [9.17, 15) is 9.59 Å². The molecule has 7 nitrogen and oxygen atoms in total. The lowest BCUT2D eigenvalue weighted by Gasteiger charge is -2.24. The molecule has 0 radical (unpaired) electrons. The lowest BCUT2D eigenvalue weighted by atomic mass is 9.88. The van der Waals surface area contributed by atoms with Crippen molar-refractivity contribution in [2.45, 2.75) is 221 Å². The molecular formula is C42H86O7. The van der Waals surface area contributed by atoms with E-state index in [-0.39, 0.29) is 19.8 Å². The Hall–Kier alpha value is -1.18. The third-order valence-corrected chi connectivity index (χ3v) is 9.60. The Morgan fingerprint density at radius 3 is 0.755 bits per heavy atom. The van der Waals surface area contributed by atoms with Gasteiger partial charge in [-0.05, 0) is 31.1 Å². The molecule has 0 amide bonds. The van der Waals surface area contributed by atoms with E-state index in [1.165, 1.54) is 141 Å². The van der Waals surface area contributed by atoms with Gasteiger partial charge in [0, 0.05) is 18.3 Å². The summed E-state index contributed by atoms with van der Waals surface area (Å²) in [6.45, 7) is 10.6. The van der Waals surface area contributed by atoms with Crippen molar-refractivity contribution in [3.05, 3.63) is 0 Å². The molecule has 0 aliphatic rings. The maximum atomic E-state index is 10.3. The summed E-state index contributed by atoms with van der Waals surface area (Å²) < 4.78 is 0. The molecule has 0 rings (SSSR count). The lowest BCUT2D eigenvalue weighted by Crippen LogP contribution is -2.32. The number of carbonyl (C=O) groups is 2. The molecule has 49 heavy (non-hydrogen) atoms. The van der Waals surface area contributed by atoms with Crippen LogP contribution in [0.2, 0.25) is 0 Å². The number of unbranched alkanes of at least 4 members (excludes halogenated alkanes) is 22. The van der Waals surface area contributed by atoms with E-state index in [0.717, 1.165) is 37.5 Å². The number of hydrogen-bond donors (Lipinski definition) is 5. The number of hydrogen-bond acceptors (Lipinski definition) is 5. The normalized spacial score (nSPS) is 11.3. The fraction of sp³-hybridized carbons (Fsp3) is 0.952. The van der Waals surface area contributed by atoms with E-state index in [1.54, 1.807) is 0 Å². The molecule has 0 saturated carbocycles. The summed E-state index contributed by atoms with van der Waals surface area (Å²) in [4.78, 5) is 20.7. The van der Waals surface area contributed by atoms with Gasteiger partial charge in [0.25, 0.3) is 0 Å². The van der Waals surface area contributed by atoms with Crippen molar-refractivity contribution in [2.24, 2.45) is 17.3 Å². The van der Waals surface area contributed by atoms with E-state index in [0.29, 0.717) is 19.3 Å². The van der Waals surface area contributed by atoms with Crippen LogP contribution in [0.5, 0.6) is 0 Å². The Morgan fingerprint density at radius 2 is 0.612 bits per heavy atom. The van der Waals surface area contributed by atoms with Gasteiger partial charge in [0.15, 0.2) is 0 Å². The molecule has 0 saturated heterocycles. The average molecular weight is 703 g/mol. The maximum absolute atomic E-state index is 10.3. The number of aliphatic hydroxyl groups excluding tert-OH is 3. The van der Waals surface area contributed by atoms with Crippen LogP contribution in [0.15, 0.2) is 0 Å². The summed E-state index contributed by atoms with van der Waals surface area (Å²) in [7, 11) is 0.